The summed E-state index contributed by atoms with van der Waals surface area (Å²) >= 11 is 0. The smallest absolute Gasteiger partial charge is 0.344 e. The molecule has 8 heterocycles. The van der Waals surface area contributed by atoms with Crippen LogP contribution in [0.25, 0.3) is 45.0 Å². The molecule has 34 heteroatoms. The van der Waals surface area contributed by atoms with Crippen molar-refractivity contribution in [3.8, 4) is 45.0 Å². The lowest BCUT2D eigenvalue weighted by Gasteiger charge is -2.33. The number of benzene rings is 4. The fourth-order valence-corrected chi connectivity index (χ4v) is 15.4. The zero-order valence-corrected chi connectivity index (χ0v) is 69.1. The first-order valence-corrected chi connectivity index (χ1v) is 39.8. The van der Waals surface area contributed by atoms with Gasteiger partial charge in [0.05, 0.1) is 90.7 Å². The lowest BCUT2D eigenvalue weighted by atomic mass is 9.75. The maximum atomic E-state index is 14.3. The lowest BCUT2D eigenvalue weighted by Crippen LogP contribution is -2.55. The minimum absolute atomic E-state index is 0.0220. The molecule has 14 rings (SSSR count). The van der Waals surface area contributed by atoms with Gasteiger partial charge in [-0.1, -0.05) is 76.2 Å². The molecule has 0 bridgehead atoms. The number of likely N-dealkylation sites (N-methyl/N-ethyl adjacent to an activating group) is 1. The van der Waals surface area contributed by atoms with Crippen LogP contribution in [0.5, 0.6) is 0 Å². The SMILES string of the molecule is CC(C)(C)[C@@H](CO)NC(=O)n1nc(-c2cc(F)c(F)cc2F)c2c1CCCC2.CC1(C)CCc2c(c(-c3ccc(F)c(F)c3)nn2C(=O)N[C@H](C(N)=O)C(C)(C)C)C1.CN(C)C1CCN(C(=O)[C@@H](NC(=O)n2nc(-c3ccc(F)c(F)c3)c3c2CCOC3)C(C)(C)C)C1.O=C(N1CCC(O)CC1)n1nc(-c2ccc(F)c(F)c2)c2c1CCOC2. The van der Waals surface area contributed by atoms with Gasteiger partial charge >= 0.3 is 24.1 Å². The highest BCUT2D eigenvalue weighted by Crippen LogP contribution is 2.42. The van der Waals surface area contributed by atoms with Gasteiger partial charge < -0.3 is 56.1 Å². The number of rotatable bonds is 11. The first-order chi connectivity index (χ1) is 55.9. The summed E-state index contributed by atoms with van der Waals surface area (Å²) in [5.74, 6) is -9.90. The molecule has 1 unspecified atom stereocenters. The van der Waals surface area contributed by atoms with E-state index >= 15 is 0 Å². The average molecular weight is 1670 g/mol. The predicted octanol–water partition coefficient (Wildman–Crippen LogP) is 13.0. The molecule has 4 aliphatic heterocycles. The van der Waals surface area contributed by atoms with E-state index < -0.39 is 105 Å². The Balaban J connectivity index is 0.000000156. The molecule has 8 aromatic rings. The van der Waals surface area contributed by atoms with Crippen LogP contribution in [0.4, 0.5) is 58.7 Å². The van der Waals surface area contributed by atoms with Crippen LogP contribution < -0.4 is 21.7 Å². The number of fused-ring (bicyclic) bond motifs is 4. The van der Waals surface area contributed by atoms with Gasteiger partial charge in [0.1, 0.15) is 17.9 Å². The molecular formula is C85H104F9N15O10. The number of nitrogens with one attached hydrogen (secondary N) is 3. The minimum atomic E-state index is -1.27. The van der Waals surface area contributed by atoms with E-state index in [9.17, 15) is 78.5 Å². The van der Waals surface area contributed by atoms with Gasteiger partial charge in [0.25, 0.3) is 0 Å². The Morgan fingerprint density at radius 1 is 0.513 bits per heavy atom. The zero-order valence-electron chi connectivity index (χ0n) is 69.1. The summed E-state index contributed by atoms with van der Waals surface area (Å²) in [4.78, 5) is 83.2. The third-order valence-corrected chi connectivity index (χ3v) is 22.5. The highest BCUT2D eigenvalue weighted by atomic mass is 19.2. The van der Waals surface area contributed by atoms with E-state index in [1.807, 2.05) is 55.6 Å². The van der Waals surface area contributed by atoms with Gasteiger partial charge in [-0.3, -0.25) is 9.59 Å². The number of aromatic nitrogens is 8. The van der Waals surface area contributed by atoms with Gasteiger partial charge in [-0.25, -0.2) is 58.7 Å². The van der Waals surface area contributed by atoms with Crippen molar-refractivity contribution in [3.05, 3.63) is 164 Å². The maximum absolute atomic E-state index is 14.3. The summed E-state index contributed by atoms with van der Waals surface area (Å²) in [6.07, 6.45) is 7.43. The van der Waals surface area contributed by atoms with Crippen molar-refractivity contribution < 1.29 is 88.0 Å². The Kier molecular flexibility index (Phi) is 27.3. The Labute approximate surface area is 684 Å². The number of primary amides is 1. The fourth-order valence-electron chi connectivity index (χ4n) is 15.4. The van der Waals surface area contributed by atoms with E-state index in [1.54, 1.807) is 30.6 Å². The van der Waals surface area contributed by atoms with E-state index in [0.29, 0.717) is 159 Å². The fraction of sp³-hybridized carbons (Fsp3) is 0.506. The number of hydrogen-bond donors (Lipinski definition) is 6. The van der Waals surface area contributed by atoms with Gasteiger partial charge in [-0.15, -0.1) is 0 Å². The zero-order chi connectivity index (χ0) is 86.8. The Hall–Kier alpha value is -10.3. The third kappa shape index (κ3) is 20.3. The topological polar surface area (TPSA) is 304 Å². The van der Waals surface area contributed by atoms with Crippen LogP contribution in [0.2, 0.25) is 0 Å². The second-order valence-corrected chi connectivity index (χ2v) is 35.2. The van der Waals surface area contributed by atoms with Crippen LogP contribution in [-0.2, 0) is 70.8 Å². The van der Waals surface area contributed by atoms with Crippen LogP contribution in [0.1, 0.15) is 160 Å². The second-order valence-electron chi connectivity index (χ2n) is 35.2. The van der Waals surface area contributed by atoms with Gasteiger partial charge in [-0.2, -0.15) is 39.1 Å². The lowest BCUT2D eigenvalue weighted by molar-refractivity contribution is -0.134. The predicted molar refractivity (Wildman–Crippen MR) is 424 cm³/mol. The molecule has 119 heavy (non-hydrogen) atoms. The highest BCUT2D eigenvalue weighted by molar-refractivity contribution is 5.90. The molecule has 6 aliphatic rings. The quantitative estimate of drug-likeness (QED) is 0.0518. The van der Waals surface area contributed by atoms with Gasteiger partial charge in [0.2, 0.25) is 11.8 Å². The molecule has 4 atom stereocenters. The number of piperidine rings is 1. The summed E-state index contributed by atoms with van der Waals surface area (Å²) in [5.41, 5.74) is 12.0. The van der Waals surface area contributed by atoms with Crippen molar-refractivity contribution in [1.29, 1.82) is 0 Å². The second kappa shape index (κ2) is 36.3. The van der Waals surface area contributed by atoms with Crippen molar-refractivity contribution >= 4 is 35.9 Å². The standard InChI is InChI=1S/C25H33F2N5O3.C22H28F2N4O2.C20H24F3N3O2.C18H19F2N3O3/c1-25(2,3)22(23(33)31-10-8-16(13-31)30(4)5)28-24(34)32-20-9-11-35-14-17(20)21(29-32)15-6-7-18(26)19(27)12-15;1-21(2,3)18(19(25)29)26-20(30)28-16-8-9-22(4,5)11-13(16)17(27-28)12-6-7-14(23)15(24)10-12;1-20(2,3)17(10-27)24-19(28)26-16-7-5-4-6-11(16)18(25-26)12-8-14(22)15(23)9-13(12)21;19-14-2-1-11(9-15(14)20)17-13-10-26-8-5-16(13)23(21-17)18(25)22-6-3-12(24)4-7-22/h6-7,12,16,22H,8-11,13-14H2,1-5H3,(H,28,34);6-7,10,18H,8-9,11H2,1-5H3,(H2,25,29)(H,26,30);8-9,17,27H,4-7,10H2,1-3H3,(H,24,28);1-2,9,12,24H,3-8,10H2/t16?,22-;18-;17-;/m111./s1. The number of hydrogen-bond acceptors (Lipinski definition) is 15. The molecule has 0 spiro atoms. The maximum Gasteiger partial charge on any atom is 0.344 e. The van der Waals surface area contributed by atoms with E-state index in [0.717, 1.165) is 85.0 Å². The number of carbonyl (C=O) groups excluding carboxylic acids is 6. The molecule has 4 aromatic carbocycles. The number of nitrogens with zero attached hydrogens (tertiary/aromatic N) is 11. The molecule has 2 fully saturated rings. The molecule has 4 aromatic heterocycles. The number of likely N-dealkylation sites (tertiary alicyclic amines) is 2. The summed E-state index contributed by atoms with van der Waals surface area (Å²) < 4.78 is 139. The Morgan fingerprint density at radius 2 is 0.941 bits per heavy atom. The minimum Gasteiger partial charge on any atom is -0.394 e. The monoisotopic (exact) mass is 1670 g/mol. The number of aliphatic hydroxyl groups excluding tert-OH is 2. The summed E-state index contributed by atoms with van der Waals surface area (Å²) in [6, 6.07) is 8.16. The van der Waals surface area contributed by atoms with Crippen molar-refractivity contribution in [2.24, 2.45) is 27.4 Å². The summed E-state index contributed by atoms with van der Waals surface area (Å²) in [7, 11) is 3.99. The molecule has 6 amide bonds. The Bertz CT molecular complexity index is 5130. The number of ether oxygens (including phenoxy) is 2. The third-order valence-electron chi connectivity index (χ3n) is 22.5. The number of aliphatic hydroxyl groups is 2. The first kappa shape index (κ1) is 89.5. The molecule has 2 saturated heterocycles. The van der Waals surface area contributed by atoms with Crippen LogP contribution >= 0.6 is 0 Å². The summed E-state index contributed by atoms with van der Waals surface area (Å²) in [5, 5.41) is 45.2. The van der Waals surface area contributed by atoms with Crippen molar-refractivity contribution in [3.63, 3.8) is 0 Å². The van der Waals surface area contributed by atoms with Crippen LogP contribution in [0.3, 0.4) is 0 Å². The molecule has 25 nitrogen and oxygen atoms in total. The van der Waals surface area contributed by atoms with E-state index in [-0.39, 0.29) is 66.0 Å². The molecule has 0 saturated carbocycles. The van der Waals surface area contributed by atoms with Gasteiger partial charge in [-0.05, 0) is 161 Å². The molecule has 0 radical (unpaired) electrons. The van der Waals surface area contributed by atoms with E-state index in [2.05, 4.69) is 55.1 Å². The number of carbonyl (C=O) groups is 6. The van der Waals surface area contributed by atoms with Gasteiger partial charge in [0, 0.05) is 95.6 Å². The molecule has 2 aliphatic carbocycles. The Morgan fingerprint density at radius 3 is 1.41 bits per heavy atom. The molecular weight excluding hydrogens is 1560 g/mol. The first-order valence-electron chi connectivity index (χ1n) is 39.8. The van der Waals surface area contributed by atoms with Crippen molar-refractivity contribution in [2.45, 2.75) is 197 Å². The number of amides is 6. The van der Waals surface area contributed by atoms with Crippen LogP contribution in [0.15, 0.2) is 66.7 Å². The van der Waals surface area contributed by atoms with Crippen molar-refractivity contribution in [2.75, 3.05) is 60.1 Å². The number of halogens is 9. The molecule has 642 valence electrons. The highest BCUT2D eigenvalue weighted by Gasteiger charge is 2.42. The van der Waals surface area contributed by atoms with Crippen LogP contribution in [0, 0.1) is 74.0 Å². The largest absolute Gasteiger partial charge is 0.394 e. The van der Waals surface area contributed by atoms with E-state index in [1.165, 1.54) is 36.9 Å². The normalized spacial score (nSPS) is 17.3. The van der Waals surface area contributed by atoms with Crippen LogP contribution in [-0.4, -0.2) is 190 Å². The van der Waals surface area contributed by atoms with Crippen molar-refractivity contribution in [1.82, 2.24) is 69.8 Å². The molecule has 7 N–H and O–H groups in total. The average Bonchev–Trinajstić information content (AvgIpc) is 1.69. The number of nitrogens with two attached hydrogens (primary N) is 1. The summed E-state index contributed by atoms with van der Waals surface area (Å²) in [6.45, 7) is 24.3. The van der Waals surface area contributed by atoms with Gasteiger partial charge in [0.15, 0.2) is 46.5 Å². The van der Waals surface area contributed by atoms with E-state index in [4.69, 9.17) is 15.2 Å².